The first kappa shape index (κ1) is 14.8. The zero-order chi connectivity index (χ0) is 16.4. The monoisotopic (exact) mass is 308 g/mol. The van der Waals surface area contributed by atoms with E-state index in [1.807, 2.05) is 18.2 Å². The van der Waals surface area contributed by atoms with Gasteiger partial charge in [-0.1, -0.05) is 12.1 Å². The number of carbonyl (C=O) groups excluding carboxylic acids is 2. The van der Waals surface area contributed by atoms with E-state index in [-0.39, 0.29) is 18.4 Å². The minimum atomic E-state index is -0.190. The van der Waals surface area contributed by atoms with Crippen molar-refractivity contribution in [3.63, 3.8) is 0 Å². The molecule has 3 aromatic rings. The minimum absolute atomic E-state index is 0.146. The second-order valence-electron chi connectivity index (χ2n) is 5.22. The second kappa shape index (κ2) is 5.92. The van der Waals surface area contributed by atoms with Crippen LogP contribution in [0.25, 0.3) is 10.9 Å². The van der Waals surface area contributed by atoms with Crippen molar-refractivity contribution in [2.45, 2.75) is 13.5 Å². The lowest BCUT2D eigenvalue weighted by Gasteiger charge is -2.08. The van der Waals surface area contributed by atoms with Crippen molar-refractivity contribution in [1.82, 2.24) is 14.9 Å². The van der Waals surface area contributed by atoms with Gasteiger partial charge in [-0.15, -0.1) is 0 Å². The lowest BCUT2D eigenvalue weighted by atomic mass is 10.2. The number of pyridine rings is 1. The Hall–Kier alpha value is -3.15. The van der Waals surface area contributed by atoms with Gasteiger partial charge in [0, 0.05) is 30.3 Å². The van der Waals surface area contributed by atoms with E-state index in [4.69, 9.17) is 5.73 Å². The molecule has 0 bridgehead atoms. The number of anilines is 1. The van der Waals surface area contributed by atoms with Crippen molar-refractivity contribution in [1.29, 1.82) is 0 Å². The maximum atomic E-state index is 12.8. The number of para-hydroxylation sites is 1. The Morgan fingerprint density at radius 3 is 2.87 bits per heavy atom. The highest BCUT2D eigenvalue weighted by Crippen LogP contribution is 2.23. The summed E-state index contributed by atoms with van der Waals surface area (Å²) in [5, 5.41) is 3.57. The SMILES string of the molecule is CC(=O)NCc1cc(C(=O)n2ccc3cccc(N)c32)ccn1. The maximum Gasteiger partial charge on any atom is 0.262 e. The van der Waals surface area contributed by atoms with Gasteiger partial charge in [0.1, 0.15) is 0 Å². The van der Waals surface area contributed by atoms with Gasteiger partial charge in [0.2, 0.25) is 5.91 Å². The van der Waals surface area contributed by atoms with Crippen LogP contribution in [0.3, 0.4) is 0 Å². The molecule has 0 fully saturated rings. The van der Waals surface area contributed by atoms with E-state index in [1.54, 1.807) is 30.6 Å². The van der Waals surface area contributed by atoms with E-state index >= 15 is 0 Å². The summed E-state index contributed by atoms with van der Waals surface area (Å²) in [6, 6.07) is 10.7. The number of carbonyl (C=O) groups is 2. The van der Waals surface area contributed by atoms with Crippen molar-refractivity contribution < 1.29 is 9.59 Å². The van der Waals surface area contributed by atoms with E-state index in [1.165, 1.54) is 11.5 Å². The van der Waals surface area contributed by atoms with Gasteiger partial charge in [-0.2, -0.15) is 0 Å². The number of hydrogen-bond acceptors (Lipinski definition) is 4. The molecule has 0 spiro atoms. The zero-order valence-electron chi connectivity index (χ0n) is 12.6. The number of amides is 1. The smallest absolute Gasteiger partial charge is 0.262 e. The number of nitrogens with zero attached hydrogens (tertiary/aromatic N) is 2. The Morgan fingerprint density at radius 1 is 1.26 bits per heavy atom. The molecule has 3 N–H and O–H groups in total. The summed E-state index contributed by atoms with van der Waals surface area (Å²) in [7, 11) is 0. The molecular formula is C17H16N4O2. The summed E-state index contributed by atoms with van der Waals surface area (Å²) in [4.78, 5) is 27.9. The molecule has 0 atom stereocenters. The first-order valence-electron chi connectivity index (χ1n) is 7.16. The summed E-state index contributed by atoms with van der Waals surface area (Å²) in [5.41, 5.74) is 8.35. The van der Waals surface area contributed by atoms with Gasteiger partial charge < -0.3 is 11.1 Å². The van der Waals surface area contributed by atoms with Gasteiger partial charge in [0.25, 0.3) is 5.91 Å². The van der Waals surface area contributed by atoms with E-state index in [0.717, 1.165) is 5.39 Å². The van der Waals surface area contributed by atoms with Crippen LogP contribution in [0, 0.1) is 0 Å². The summed E-state index contributed by atoms with van der Waals surface area (Å²) < 4.78 is 1.53. The molecule has 2 heterocycles. The van der Waals surface area contributed by atoms with Gasteiger partial charge in [-0.05, 0) is 24.3 Å². The fourth-order valence-corrected chi connectivity index (χ4v) is 2.45. The number of nitrogen functional groups attached to an aromatic ring is 1. The number of benzene rings is 1. The van der Waals surface area contributed by atoms with Crippen molar-refractivity contribution in [2.75, 3.05) is 5.73 Å². The molecule has 0 saturated carbocycles. The third kappa shape index (κ3) is 2.91. The molecular weight excluding hydrogens is 292 g/mol. The average molecular weight is 308 g/mol. The molecule has 6 heteroatoms. The van der Waals surface area contributed by atoms with Gasteiger partial charge in [0.15, 0.2) is 0 Å². The van der Waals surface area contributed by atoms with Gasteiger partial charge in [-0.3, -0.25) is 19.1 Å². The van der Waals surface area contributed by atoms with Crippen LogP contribution in [0.4, 0.5) is 5.69 Å². The van der Waals surface area contributed by atoms with E-state index < -0.39 is 0 Å². The Kier molecular flexibility index (Phi) is 3.80. The van der Waals surface area contributed by atoms with Gasteiger partial charge in [0.05, 0.1) is 23.4 Å². The molecule has 6 nitrogen and oxygen atoms in total. The van der Waals surface area contributed by atoms with Crippen LogP contribution in [-0.2, 0) is 11.3 Å². The summed E-state index contributed by atoms with van der Waals surface area (Å²) in [5.74, 6) is -0.336. The third-order valence-corrected chi connectivity index (χ3v) is 3.54. The number of fused-ring (bicyclic) bond motifs is 1. The Labute approximate surface area is 132 Å². The largest absolute Gasteiger partial charge is 0.397 e. The van der Waals surface area contributed by atoms with Crippen LogP contribution in [0.1, 0.15) is 23.0 Å². The van der Waals surface area contributed by atoms with Crippen LogP contribution in [-0.4, -0.2) is 21.4 Å². The third-order valence-electron chi connectivity index (χ3n) is 3.54. The number of hydrogen-bond donors (Lipinski definition) is 2. The van der Waals surface area contributed by atoms with Crippen LogP contribution in [0.15, 0.2) is 48.8 Å². The Balaban J connectivity index is 1.96. The number of nitrogens with one attached hydrogen (secondary N) is 1. The molecule has 0 aliphatic heterocycles. The van der Waals surface area contributed by atoms with E-state index in [9.17, 15) is 9.59 Å². The minimum Gasteiger partial charge on any atom is -0.397 e. The topological polar surface area (TPSA) is 90.0 Å². The lowest BCUT2D eigenvalue weighted by molar-refractivity contribution is -0.119. The summed E-state index contributed by atoms with van der Waals surface area (Å²) >= 11 is 0. The molecule has 23 heavy (non-hydrogen) atoms. The fraction of sp³-hybridized carbons (Fsp3) is 0.118. The molecule has 1 amide bonds. The zero-order valence-corrected chi connectivity index (χ0v) is 12.6. The number of aromatic nitrogens is 2. The van der Waals surface area contributed by atoms with Crippen LogP contribution < -0.4 is 11.1 Å². The normalized spacial score (nSPS) is 10.7. The highest BCUT2D eigenvalue weighted by Gasteiger charge is 2.14. The molecule has 0 aliphatic carbocycles. The first-order valence-corrected chi connectivity index (χ1v) is 7.16. The molecule has 0 radical (unpaired) electrons. The highest BCUT2D eigenvalue weighted by molar-refractivity contribution is 6.05. The van der Waals surface area contributed by atoms with Gasteiger partial charge in [-0.25, -0.2) is 0 Å². The molecule has 116 valence electrons. The van der Waals surface area contributed by atoms with Crippen LogP contribution in [0.2, 0.25) is 0 Å². The molecule has 0 unspecified atom stereocenters. The number of rotatable bonds is 3. The second-order valence-corrected chi connectivity index (χ2v) is 5.22. The molecule has 0 saturated heterocycles. The molecule has 2 aromatic heterocycles. The maximum absolute atomic E-state index is 12.8. The summed E-state index contributed by atoms with van der Waals surface area (Å²) in [6.45, 7) is 1.72. The van der Waals surface area contributed by atoms with Gasteiger partial charge >= 0.3 is 0 Å². The fourth-order valence-electron chi connectivity index (χ4n) is 2.45. The molecule has 0 aliphatic rings. The lowest BCUT2D eigenvalue weighted by Crippen LogP contribution is -2.20. The Morgan fingerprint density at radius 2 is 2.09 bits per heavy atom. The predicted octanol–water partition coefficient (Wildman–Crippen LogP) is 1.94. The first-order chi connectivity index (χ1) is 11.1. The Bertz CT molecular complexity index is 898. The van der Waals surface area contributed by atoms with Crippen molar-refractivity contribution in [3.05, 3.63) is 60.0 Å². The van der Waals surface area contributed by atoms with Crippen LogP contribution in [0.5, 0.6) is 0 Å². The van der Waals surface area contributed by atoms with Crippen molar-refractivity contribution in [3.8, 4) is 0 Å². The summed E-state index contributed by atoms with van der Waals surface area (Å²) in [6.07, 6.45) is 3.26. The quantitative estimate of drug-likeness (QED) is 0.724. The predicted molar refractivity (Wildman–Crippen MR) is 87.8 cm³/mol. The molecule has 1 aromatic carbocycles. The number of nitrogens with two attached hydrogens (primary N) is 1. The van der Waals surface area contributed by atoms with E-state index in [2.05, 4.69) is 10.3 Å². The van der Waals surface area contributed by atoms with E-state index in [0.29, 0.717) is 22.5 Å². The molecule has 3 rings (SSSR count). The van der Waals surface area contributed by atoms with Crippen molar-refractivity contribution in [2.24, 2.45) is 0 Å². The van der Waals surface area contributed by atoms with Crippen molar-refractivity contribution >= 4 is 28.4 Å². The average Bonchev–Trinajstić information content (AvgIpc) is 2.98. The van der Waals surface area contributed by atoms with Crippen LogP contribution >= 0.6 is 0 Å². The highest BCUT2D eigenvalue weighted by atomic mass is 16.2. The standard InChI is InChI=1S/C17H16N4O2/c1-11(22)20-10-14-9-13(5-7-19-14)17(23)21-8-6-12-3-2-4-15(18)16(12)21/h2-9H,10,18H2,1H3,(H,20,22).